The SMILES string of the molecule is COc1ccccc1NC(=O)c1cc(I)ccc1Cl. The van der Waals surface area contributed by atoms with Crippen molar-refractivity contribution in [3.8, 4) is 5.75 Å². The standard InChI is InChI=1S/C14H11ClINO2/c1-19-13-5-3-2-4-12(13)17-14(18)10-8-9(16)6-7-11(10)15/h2-8H,1H3,(H,17,18). The molecule has 0 unspecified atom stereocenters. The third-order valence-electron chi connectivity index (χ3n) is 2.53. The summed E-state index contributed by atoms with van der Waals surface area (Å²) in [5, 5.41) is 3.22. The third-order valence-corrected chi connectivity index (χ3v) is 3.53. The molecule has 0 bridgehead atoms. The maximum atomic E-state index is 12.2. The van der Waals surface area contributed by atoms with Gasteiger partial charge in [0.1, 0.15) is 5.75 Å². The first-order valence-electron chi connectivity index (χ1n) is 5.51. The Bertz CT molecular complexity index is 616. The predicted octanol–water partition coefficient (Wildman–Crippen LogP) is 4.21. The van der Waals surface area contributed by atoms with E-state index in [0.717, 1.165) is 3.57 Å². The second-order valence-corrected chi connectivity index (χ2v) is 5.43. The van der Waals surface area contributed by atoms with Crippen LogP contribution in [0.15, 0.2) is 42.5 Å². The Morgan fingerprint density at radius 1 is 1.26 bits per heavy atom. The minimum Gasteiger partial charge on any atom is -0.495 e. The molecule has 19 heavy (non-hydrogen) atoms. The first kappa shape index (κ1) is 14.1. The number of ether oxygens (including phenoxy) is 1. The van der Waals surface area contributed by atoms with Crippen molar-refractivity contribution in [1.29, 1.82) is 0 Å². The number of hydrogen-bond acceptors (Lipinski definition) is 2. The van der Waals surface area contributed by atoms with Gasteiger partial charge in [0.05, 0.1) is 23.4 Å². The van der Waals surface area contributed by atoms with Crippen molar-refractivity contribution < 1.29 is 9.53 Å². The average Bonchev–Trinajstić information content (AvgIpc) is 2.42. The summed E-state index contributed by atoms with van der Waals surface area (Å²) in [5.41, 5.74) is 1.06. The fraction of sp³-hybridized carbons (Fsp3) is 0.0714. The fourth-order valence-electron chi connectivity index (χ4n) is 1.61. The molecule has 0 aliphatic carbocycles. The van der Waals surface area contributed by atoms with Crippen molar-refractivity contribution in [3.05, 3.63) is 56.6 Å². The van der Waals surface area contributed by atoms with Gasteiger partial charge in [0.25, 0.3) is 5.91 Å². The van der Waals surface area contributed by atoms with Gasteiger partial charge in [-0.05, 0) is 52.9 Å². The van der Waals surface area contributed by atoms with E-state index in [1.54, 1.807) is 31.4 Å². The molecule has 2 rings (SSSR count). The van der Waals surface area contributed by atoms with Gasteiger partial charge < -0.3 is 10.1 Å². The van der Waals surface area contributed by atoms with Gasteiger partial charge in [-0.25, -0.2) is 0 Å². The number of carbonyl (C=O) groups is 1. The molecule has 0 atom stereocenters. The molecule has 0 aromatic heterocycles. The summed E-state index contributed by atoms with van der Waals surface area (Å²) in [6.45, 7) is 0. The normalized spacial score (nSPS) is 10.1. The number of hydrogen-bond donors (Lipinski definition) is 1. The highest BCUT2D eigenvalue weighted by atomic mass is 127. The Labute approximate surface area is 130 Å². The lowest BCUT2D eigenvalue weighted by atomic mass is 10.2. The van der Waals surface area contributed by atoms with Crippen LogP contribution in [-0.4, -0.2) is 13.0 Å². The summed E-state index contributed by atoms with van der Waals surface area (Å²) >= 11 is 8.17. The number of para-hydroxylation sites is 2. The maximum Gasteiger partial charge on any atom is 0.257 e. The molecule has 0 radical (unpaired) electrons. The summed E-state index contributed by atoms with van der Waals surface area (Å²) < 4.78 is 6.14. The van der Waals surface area contributed by atoms with Crippen LogP contribution in [0.2, 0.25) is 5.02 Å². The highest BCUT2D eigenvalue weighted by Gasteiger charge is 2.13. The second-order valence-electron chi connectivity index (χ2n) is 3.78. The number of carbonyl (C=O) groups excluding carboxylic acids is 1. The van der Waals surface area contributed by atoms with Crippen LogP contribution >= 0.6 is 34.2 Å². The van der Waals surface area contributed by atoms with Crippen LogP contribution in [0, 0.1) is 3.57 Å². The number of nitrogens with one attached hydrogen (secondary N) is 1. The van der Waals surface area contributed by atoms with Crippen molar-refractivity contribution in [2.75, 3.05) is 12.4 Å². The molecule has 0 spiro atoms. The summed E-state index contributed by atoms with van der Waals surface area (Å²) in [6, 6.07) is 12.5. The molecule has 0 fully saturated rings. The summed E-state index contributed by atoms with van der Waals surface area (Å²) in [5.74, 6) is 0.352. The Morgan fingerprint density at radius 2 is 2.00 bits per heavy atom. The van der Waals surface area contributed by atoms with E-state index in [1.165, 1.54) is 0 Å². The van der Waals surface area contributed by atoms with Crippen LogP contribution in [0.5, 0.6) is 5.75 Å². The Morgan fingerprint density at radius 3 is 2.74 bits per heavy atom. The van der Waals surface area contributed by atoms with Gasteiger partial charge in [-0.15, -0.1) is 0 Å². The van der Waals surface area contributed by atoms with E-state index < -0.39 is 0 Å². The van der Waals surface area contributed by atoms with E-state index in [4.69, 9.17) is 16.3 Å². The van der Waals surface area contributed by atoms with Crippen molar-refractivity contribution in [1.82, 2.24) is 0 Å². The largest absolute Gasteiger partial charge is 0.495 e. The molecule has 3 nitrogen and oxygen atoms in total. The third kappa shape index (κ3) is 3.39. The molecular formula is C14H11ClINO2. The van der Waals surface area contributed by atoms with E-state index in [-0.39, 0.29) is 5.91 Å². The van der Waals surface area contributed by atoms with Crippen LogP contribution in [0.3, 0.4) is 0 Å². The number of halogens is 2. The van der Waals surface area contributed by atoms with Crippen LogP contribution in [-0.2, 0) is 0 Å². The van der Waals surface area contributed by atoms with E-state index >= 15 is 0 Å². The molecule has 0 saturated carbocycles. The van der Waals surface area contributed by atoms with Crippen molar-refractivity contribution in [3.63, 3.8) is 0 Å². The lowest BCUT2D eigenvalue weighted by Crippen LogP contribution is -2.13. The smallest absolute Gasteiger partial charge is 0.257 e. The van der Waals surface area contributed by atoms with Gasteiger partial charge in [0.2, 0.25) is 0 Å². The minimum atomic E-state index is -0.256. The minimum absolute atomic E-state index is 0.256. The Hall–Kier alpha value is -1.27. The molecular weight excluding hydrogens is 377 g/mol. The first-order chi connectivity index (χ1) is 9.11. The van der Waals surface area contributed by atoms with E-state index in [0.29, 0.717) is 22.0 Å². The number of benzene rings is 2. The lowest BCUT2D eigenvalue weighted by Gasteiger charge is -2.10. The molecule has 5 heteroatoms. The highest BCUT2D eigenvalue weighted by molar-refractivity contribution is 14.1. The Kier molecular flexibility index (Phi) is 4.66. The zero-order valence-electron chi connectivity index (χ0n) is 10.1. The zero-order chi connectivity index (χ0) is 13.8. The molecule has 1 amide bonds. The van der Waals surface area contributed by atoms with Gasteiger partial charge in [-0.3, -0.25) is 4.79 Å². The van der Waals surface area contributed by atoms with E-state index in [2.05, 4.69) is 27.9 Å². The van der Waals surface area contributed by atoms with Crippen LogP contribution < -0.4 is 10.1 Å². The molecule has 2 aromatic rings. The van der Waals surface area contributed by atoms with Gasteiger partial charge in [0, 0.05) is 3.57 Å². The van der Waals surface area contributed by atoms with Gasteiger partial charge in [-0.2, -0.15) is 0 Å². The zero-order valence-corrected chi connectivity index (χ0v) is 13.0. The van der Waals surface area contributed by atoms with Crippen LogP contribution in [0.25, 0.3) is 0 Å². The fourth-order valence-corrected chi connectivity index (χ4v) is 2.30. The van der Waals surface area contributed by atoms with Crippen LogP contribution in [0.4, 0.5) is 5.69 Å². The van der Waals surface area contributed by atoms with Crippen molar-refractivity contribution >= 4 is 45.8 Å². The topological polar surface area (TPSA) is 38.3 Å². The highest BCUT2D eigenvalue weighted by Crippen LogP contribution is 2.25. The Balaban J connectivity index is 2.28. The molecule has 1 N–H and O–H groups in total. The van der Waals surface area contributed by atoms with Crippen LogP contribution in [0.1, 0.15) is 10.4 Å². The monoisotopic (exact) mass is 387 g/mol. The quantitative estimate of drug-likeness (QED) is 0.802. The number of anilines is 1. The van der Waals surface area contributed by atoms with Gasteiger partial charge in [-0.1, -0.05) is 23.7 Å². The molecule has 0 aliphatic rings. The predicted molar refractivity (Wildman–Crippen MR) is 85.1 cm³/mol. The number of rotatable bonds is 3. The van der Waals surface area contributed by atoms with E-state index in [9.17, 15) is 4.79 Å². The maximum absolute atomic E-state index is 12.2. The average molecular weight is 388 g/mol. The summed E-state index contributed by atoms with van der Waals surface area (Å²) in [6.07, 6.45) is 0. The van der Waals surface area contributed by atoms with Crippen molar-refractivity contribution in [2.45, 2.75) is 0 Å². The van der Waals surface area contributed by atoms with Gasteiger partial charge >= 0.3 is 0 Å². The molecule has 98 valence electrons. The van der Waals surface area contributed by atoms with Gasteiger partial charge in [0.15, 0.2) is 0 Å². The second kappa shape index (κ2) is 6.25. The summed E-state index contributed by atoms with van der Waals surface area (Å²) in [7, 11) is 1.56. The van der Waals surface area contributed by atoms with E-state index in [1.807, 2.05) is 18.2 Å². The molecule has 0 aliphatic heterocycles. The van der Waals surface area contributed by atoms with Crippen molar-refractivity contribution in [2.24, 2.45) is 0 Å². The number of methoxy groups -OCH3 is 1. The first-order valence-corrected chi connectivity index (χ1v) is 6.97. The summed E-state index contributed by atoms with van der Waals surface area (Å²) in [4.78, 5) is 12.2. The lowest BCUT2D eigenvalue weighted by molar-refractivity contribution is 0.102. The molecule has 0 heterocycles. The number of amides is 1. The molecule has 0 saturated heterocycles. The molecule has 2 aromatic carbocycles.